The molecule has 1 fully saturated rings. The number of amides is 1. The topological polar surface area (TPSA) is 83.0 Å². The third-order valence-electron chi connectivity index (χ3n) is 4.99. The molecule has 9 heteroatoms. The maximum atomic E-state index is 12.5. The van der Waals surface area contributed by atoms with Crippen molar-refractivity contribution in [3.8, 4) is 0 Å². The number of pyridine rings is 1. The summed E-state index contributed by atoms with van der Waals surface area (Å²) in [4.78, 5) is 31.2. The van der Waals surface area contributed by atoms with Gasteiger partial charge in [0.25, 0.3) is 5.56 Å². The molecule has 1 aliphatic heterocycles. The SMILES string of the molecule is Cc1nc2c(c(C)c1CCC(=O)N1CCNC[C@H]1C)c(=O)[nH]n2C.Cl.Cl. The summed E-state index contributed by atoms with van der Waals surface area (Å²) >= 11 is 0. The number of aromatic nitrogens is 3. The minimum absolute atomic E-state index is 0. The third kappa shape index (κ3) is 4.05. The first-order valence-corrected chi connectivity index (χ1v) is 8.45. The Hall–Kier alpha value is -1.57. The van der Waals surface area contributed by atoms with E-state index in [0.717, 1.165) is 36.5 Å². The van der Waals surface area contributed by atoms with Crippen molar-refractivity contribution in [2.45, 2.75) is 39.7 Å². The number of piperazine rings is 1. The van der Waals surface area contributed by atoms with E-state index in [1.165, 1.54) is 0 Å². The number of nitrogens with zero attached hydrogens (tertiary/aromatic N) is 3. The van der Waals surface area contributed by atoms with Crippen LogP contribution in [0.15, 0.2) is 4.79 Å². The van der Waals surface area contributed by atoms with Crippen LogP contribution in [-0.2, 0) is 18.3 Å². The number of hydrogen-bond acceptors (Lipinski definition) is 4. The highest BCUT2D eigenvalue weighted by atomic mass is 35.5. The molecule has 7 nitrogen and oxygen atoms in total. The molecule has 0 aromatic carbocycles. The van der Waals surface area contributed by atoms with Gasteiger partial charge in [-0.25, -0.2) is 4.98 Å². The Morgan fingerprint density at radius 1 is 1.31 bits per heavy atom. The Labute approximate surface area is 165 Å². The minimum atomic E-state index is -0.124. The lowest BCUT2D eigenvalue weighted by molar-refractivity contribution is -0.133. The molecule has 2 aromatic heterocycles. The summed E-state index contributed by atoms with van der Waals surface area (Å²) in [6.07, 6.45) is 1.06. The molecule has 2 N–H and O–H groups in total. The normalized spacial score (nSPS) is 16.9. The first-order valence-electron chi connectivity index (χ1n) is 8.45. The van der Waals surface area contributed by atoms with Gasteiger partial charge in [-0.1, -0.05) is 0 Å². The Kier molecular flexibility index (Phi) is 7.68. The van der Waals surface area contributed by atoms with Crippen molar-refractivity contribution in [2.75, 3.05) is 19.6 Å². The Morgan fingerprint density at radius 2 is 2.00 bits per heavy atom. The molecular formula is C17H27Cl2N5O2. The first-order chi connectivity index (χ1) is 11.4. The van der Waals surface area contributed by atoms with E-state index in [0.29, 0.717) is 23.9 Å². The van der Waals surface area contributed by atoms with Gasteiger partial charge in [0.15, 0.2) is 5.65 Å². The molecule has 2 aromatic rings. The molecule has 26 heavy (non-hydrogen) atoms. The predicted molar refractivity (Wildman–Crippen MR) is 108 cm³/mol. The molecule has 0 bridgehead atoms. The number of aryl methyl sites for hydroxylation is 3. The van der Waals surface area contributed by atoms with Crippen LogP contribution < -0.4 is 10.9 Å². The van der Waals surface area contributed by atoms with Crippen molar-refractivity contribution in [2.24, 2.45) is 7.05 Å². The molecule has 3 heterocycles. The van der Waals surface area contributed by atoms with Crippen molar-refractivity contribution in [1.29, 1.82) is 0 Å². The summed E-state index contributed by atoms with van der Waals surface area (Å²) in [5.41, 5.74) is 3.37. The van der Waals surface area contributed by atoms with Crippen LogP contribution in [0.2, 0.25) is 0 Å². The zero-order valence-corrected chi connectivity index (χ0v) is 17.2. The van der Waals surface area contributed by atoms with Gasteiger partial charge in [-0.15, -0.1) is 24.8 Å². The van der Waals surface area contributed by atoms with Gasteiger partial charge in [-0.2, -0.15) is 0 Å². The summed E-state index contributed by atoms with van der Waals surface area (Å²) in [7, 11) is 1.78. The average Bonchev–Trinajstić information content (AvgIpc) is 2.81. The zero-order chi connectivity index (χ0) is 17.4. The van der Waals surface area contributed by atoms with Crippen LogP contribution in [0.1, 0.15) is 30.2 Å². The summed E-state index contributed by atoms with van der Waals surface area (Å²) < 4.78 is 1.65. The second kappa shape index (κ2) is 8.88. The van der Waals surface area contributed by atoms with E-state index in [9.17, 15) is 9.59 Å². The quantitative estimate of drug-likeness (QED) is 0.812. The number of H-pyrrole nitrogens is 1. The molecule has 1 saturated heterocycles. The zero-order valence-electron chi connectivity index (χ0n) is 15.6. The second-order valence-corrected chi connectivity index (χ2v) is 6.64. The summed E-state index contributed by atoms with van der Waals surface area (Å²) in [5, 5.41) is 6.67. The van der Waals surface area contributed by atoms with E-state index in [1.54, 1.807) is 11.7 Å². The molecule has 146 valence electrons. The number of rotatable bonds is 3. The lowest BCUT2D eigenvalue weighted by Crippen LogP contribution is -2.52. The summed E-state index contributed by atoms with van der Waals surface area (Å²) in [6.45, 7) is 8.40. The summed E-state index contributed by atoms with van der Waals surface area (Å²) in [5.74, 6) is 0.171. The molecule has 1 atom stereocenters. The van der Waals surface area contributed by atoms with Crippen molar-refractivity contribution in [1.82, 2.24) is 25.0 Å². The second-order valence-electron chi connectivity index (χ2n) is 6.64. The maximum Gasteiger partial charge on any atom is 0.273 e. The van der Waals surface area contributed by atoms with Crippen molar-refractivity contribution in [3.63, 3.8) is 0 Å². The number of hydrogen-bond donors (Lipinski definition) is 2. The Bertz CT molecular complexity index is 846. The maximum absolute atomic E-state index is 12.5. The molecule has 0 saturated carbocycles. The third-order valence-corrected chi connectivity index (χ3v) is 4.99. The lowest BCUT2D eigenvalue weighted by Gasteiger charge is -2.34. The predicted octanol–water partition coefficient (Wildman–Crippen LogP) is 1.47. The Balaban J connectivity index is 0.00000169. The monoisotopic (exact) mass is 403 g/mol. The molecule has 0 unspecified atom stereocenters. The standard InChI is InChI=1S/C17H25N5O2.2ClH/c1-10-9-18-7-8-22(10)14(23)6-5-13-11(2)15-16(19-12(13)3)21(4)20-17(15)24;;/h10,18H,5-9H2,1-4H3,(H,20,24);2*1H/t10-;;/m1../s1. The number of halogens is 2. The van der Waals surface area contributed by atoms with E-state index >= 15 is 0 Å². The number of carbonyl (C=O) groups is 1. The van der Waals surface area contributed by atoms with E-state index < -0.39 is 0 Å². The molecule has 3 rings (SSSR count). The van der Waals surface area contributed by atoms with Crippen LogP contribution in [-0.4, -0.2) is 51.2 Å². The molecular weight excluding hydrogens is 377 g/mol. The van der Waals surface area contributed by atoms with Crippen LogP contribution in [0, 0.1) is 13.8 Å². The summed E-state index contributed by atoms with van der Waals surface area (Å²) in [6, 6.07) is 0.228. The van der Waals surface area contributed by atoms with E-state index in [-0.39, 0.29) is 42.3 Å². The van der Waals surface area contributed by atoms with Crippen LogP contribution in [0.25, 0.3) is 11.0 Å². The van der Waals surface area contributed by atoms with Crippen LogP contribution >= 0.6 is 24.8 Å². The molecule has 0 radical (unpaired) electrons. The smallest absolute Gasteiger partial charge is 0.273 e. The molecule has 0 aliphatic carbocycles. The fourth-order valence-corrected chi connectivity index (χ4v) is 3.60. The van der Waals surface area contributed by atoms with Crippen LogP contribution in [0.4, 0.5) is 0 Å². The van der Waals surface area contributed by atoms with Crippen LogP contribution in [0.3, 0.4) is 0 Å². The van der Waals surface area contributed by atoms with Gasteiger partial charge in [-0.05, 0) is 38.3 Å². The number of fused-ring (bicyclic) bond motifs is 1. The minimum Gasteiger partial charge on any atom is -0.337 e. The fourth-order valence-electron chi connectivity index (χ4n) is 3.60. The van der Waals surface area contributed by atoms with Gasteiger partial charge >= 0.3 is 0 Å². The van der Waals surface area contributed by atoms with Gasteiger partial charge in [0.2, 0.25) is 5.91 Å². The highest BCUT2D eigenvalue weighted by Gasteiger charge is 2.23. The van der Waals surface area contributed by atoms with E-state index in [2.05, 4.69) is 22.3 Å². The Morgan fingerprint density at radius 3 is 2.65 bits per heavy atom. The number of carbonyl (C=O) groups excluding carboxylic acids is 1. The van der Waals surface area contributed by atoms with E-state index in [1.807, 2.05) is 18.7 Å². The van der Waals surface area contributed by atoms with Crippen LogP contribution in [0.5, 0.6) is 0 Å². The molecule has 0 spiro atoms. The lowest BCUT2D eigenvalue weighted by atomic mass is 9.99. The first kappa shape index (κ1) is 22.5. The number of aromatic amines is 1. The van der Waals surface area contributed by atoms with Gasteiger partial charge < -0.3 is 10.2 Å². The highest BCUT2D eigenvalue weighted by molar-refractivity contribution is 5.85. The van der Waals surface area contributed by atoms with Gasteiger partial charge in [-0.3, -0.25) is 19.4 Å². The van der Waals surface area contributed by atoms with Gasteiger partial charge in [0.05, 0.1) is 5.39 Å². The highest BCUT2D eigenvalue weighted by Crippen LogP contribution is 2.21. The van der Waals surface area contributed by atoms with Gasteiger partial charge in [0.1, 0.15) is 0 Å². The fraction of sp³-hybridized carbons (Fsp3) is 0.588. The molecule has 1 aliphatic rings. The average molecular weight is 404 g/mol. The number of nitrogens with one attached hydrogen (secondary N) is 2. The van der Waals surface area contributed by atoms with Gasteiger partial charge in [0, 0.05) is 44.8 Å². The van der Waals surface area contributed by atoms with E-state index in [4.69, 9.17) is 0 Å². The van der Waals surface area contributed by atoms with Crippen molar-refractivity contribution in [3.05, 3.63) is 27.2 Å². The molecule has 1 amide bonds. The largest absolute Gasteiger partial charge is 0.337 e. The van der Waals surface area contributed by atoms with Crippen molar-refractivity contribution >= 4 is 41.8 Å². The van der Waals surface area contributed by atoms with Crippen molar-refractivity contribution < 1.29 is 4.79 Å².